The Morgan fingerprint density at radius 2 is 1.52 bits per heavy atom. The number of benzene rings is 1. The molecule has 0 spiro atoms. The Hall–Kier alpha value is -3.47. The van der Waals surface area contributed by atoms with Crippen molar-refractivity contribution >= 4 is 29.6 Å². The molecule has 0 aromatic heterocycles. The number of carbonyl (C=O) groups excluding carboxylic acids is 4. The van der Waals surface area contributed by atoms with Gasteiger partial charge < -0.3 is 32.5 Å². The van der Waals surface area contributed by atoms with Gasteiger partial charge in [0, 0.05) is 12.8 Å². The minimum atomic E-state index is -1.20. The Morgan fingerprint density at radius 3 is 2.03 bits per heavy atom. The van der Waals surface area contributed by atoms with Crippen LogP contribution in [0.2, 0.25) is 0 Å². The van der Waals surface area contributed by atoms with Crippen molar-refractivity contribution in [1.82, 2.24) is 16.0 Å². The maximum absolute atomic E-state index is 12.8. The zero-order valence-corrected chi connectivity index (χ0v) is 19.0. The van der Waals surface area contributed by atoms with E-state index in [2.05, 4.69) is 16.0 Å². The lowest BCUT2D eigenvalue weighted by atomic mass is 10.0. The van der Waals surface area contributed by atoms with Crippen LogP contribution in [0.3, 0.4) is 0 Å². The van der Waals surface area contributed by atoms with Gasteiger partial charge in [0.05, 0.1) is 6.04 Å². The number of aliphatic carboxylic acids is 1. The lowest BCUT2D eigenvalue weighted by Crippen LogP contribution is -2.58. The van der Waals surface area contributed by atoms with Crippen LogP contribution in [0.15, 0.2) is 30.3 Å². The van der Waals surface area contributed by atoms with E-state index in [4.69, 9.17) is 11.5 Å². The monoisotopic (exact) mass is 463 g/mol. The molecule has 4 atom stereocenters. The van der Waals surface area contributed by atoms with Crippen molar-refractivity contribution < 1.29 is 29.1 Å². The number of nitrogens with two attached hydrogens (primary N) is 2. The molecular formula is C22H33N5O6. The third-order valence-corrected chi connectivity index (χ3v) is 4.93. The van der Waals surface area contributed by atoms with Crippen molar-refractivity contribution in [2.75, 3.05) is 0 Å². The fraction of sp³-hybridized carbons (Fsp3) is 0.500. The van der Waals surface area contributed by atoms with Gasteiger partial charge in [0.2, 0.25) is 23.6 Å². The molecule has 0 aliphatic rings. The number of nitrogens with one attached hydrogen (secondary N) is 3. The molecule has 182 valence electrons. The largest absolute Gasteiger partial charge is 0.480 e. The van der Waals surface area contributed by atoms with E-state index in [0.29, 0.717) is 0 Å². The molecular weight excluding hydrogens is 430 g/mol. The summed E-state index contributed by atoms with van der Waals surface area (Å²) in [5, 5.41) is 17.0. The summed E-state index contributed by atoms with van der Waals surface area (Å²) in [5.41, 5.74) is 11.5. The summed E-state index contributed by atoms with van der Waals surface area (Å²) in [6.07, 6.45) is 0.0410. The SMILES string of the molecule is CC(NC(=O)C(N)CCC(N)=O)C(=O)NC(C(=O)NC(Cc1ccccc1)C(=O)O)C(C)C. The molecule has 0 saturated heterocycles. The Labute approximate surface area is 192 Å². The zero-order chi connectivity index (χ0) is 25.1. The molecule has 0 bridgehead atoms. The molecule has 1 aromatic carbocycles. The standard InChI is InChI=1S/C22H33N5O6/c1-12(2)18(21(31)26-16(22(32)33)11-14-7-5-4-6-8-14)27-19(29)13(3)25-20(30)15(23)9-10-17(24)28/h4-8,12-13,15-16,18H,9-11,23H2,1-3H3,(H2,24,28)(H,25,30)(H,26,31)(H,27,29)(H,32,33). The molecule has 1 aromatic rings. The van der Waals surface area contributed by atoms with Gasteiger partial charge in [-0.25, -0.2) is 4.79 Å². The van der Waals surface area contributed by atoms with Crippen LogP contribution in [0.1, 0.15) is 39.2 Å². The van der Waals surface area contributed by atoms with Gasteiger partial charge >= 0.3 is 5.97 Å². The fourth-order valence-corrected chi connectivity index (χ4v) is 2.94. The number of carboxylic acid groups (broad SMARTS) is 1. The number of carboxylic acids is 1. The molecule has 0 aliphatic heterocycles. The summed E-state index contributed by atoms with van der Waals surface area (Å²) >= 11 is 0. The summed E-state index contributed by atoms with van der Waals surface area (Å²) < 4.78 is 0. The molecule has 4 unspecified atom stereocenters. The first-order valence-corrected chi connectivity index (χ1v) is 10.6. The zero-order valence-electron chi connectivity index (χ0n) is 19.0. The van der Waals surface area contributed by atoms with Crippen LogP contribution in [0, 0.1) is 5.92 Å². The summed E-state index contributed by atoms with van der Waals surface area (Å²) in [7, 11) is 0. The molecule has 4 amide bonds. The lowest BCUT2D eigenvalue weighted by Gasteiger charge is -2.26. The molecule has 0 heterocycles. The Morgan fingerprint density at radius 1 is 0.909 bits per heavy atom. The molecule has 1 rings (SSSR count). The minimum Gasteiger partial charge on any atom is -0.480 e. The predicted octanol–water partition coefficient (Wildman–Crippen LogP) is -0.963. The van der Waals surface area contributed by atoms with E-state index in [1.54, 1.807) is 44.2 Å². The fourth-order valence-electron chi connectivity index (χ4n) is 2.94. The van der Waals surface area contributed by atoms with Gasteiger partial charge in [-0.1, -0.05) is 44.2 Å². The van der Waals surface area contributed by atoms with Crippen molar-refractivity contribution in [3.63, 3.8) is 0 Å². The maximum atomic E-state index is 12.8. The maximum Gasteiger partial charge on any atom is 0.326 e. The van der Waals surface area contributed by atoms with Crippen LogP contribution >= 0.6 is 0 Å². The van der Waals surface area contributed by atoms with Crippen LogP contribution in [0.25, 0.3) is 0 Å². The molecule has 33 heavy (non-hydrogen) atoms. The Balaban J connectivity index is 2.75. The van der Waals surface area contributed by atoms with Gasteiger partial charge in [0.25, 0.3) is 0 Å². The number of carbonyl (C=O) groups is 5. The first kappa shape index (κ1) is 27.6. The van der Waals surface area contributed by atoms with Gasteiger partial charge in [-0.05, 0) is 24.8 Å². The van der Waals surface area contributed by atoms with E-state index in [9.17, 15) is 29.1 Å². The summed E-state index contributed by atoms with van der Waals surface area (Å²) in [4.78, 5) is 59.9. The van der Waals surface area contributed by atoms with Crippen LogP contribution in [-0.4, -0.2) is 58.9 Å². The van der Waals surface area contributed by atoms with Gasteiger partial charge in [0.1, 0.15) is 18.1 Å². The number of hydrogen-bond acceptors (Lipinski definition) is 6. The number of rotatable bonds is 13. The number of hydrogen-bond donors (Lipinski definition) is 6. The van der Waals surface area contributed by atoms with Crippen LogP contribution in [0.4, 0.5) is 0 Å². The van der Waals surface area contributed by atoms with Gasteiger partial charge in [-0.3, -0.25) is 19.2 Å². The molecule has 0 aliphatic carbocycles. The highest BCUT2D eigenvalue weighted by atomic mass is 16.4. The normalized spacial score (nSPS) is 14.5. The molecule has 0 radical (unpaired) electrons. The molecule has 0 saturated carbocycles. The second-order valence-electron chi connectivity index (χ2n) is 8.16. The average Bonchev–Trinajstić information content (AvgIpc) is 2.75. The summed E-state index contributed by atoms with van der Waals surface area (Å²) in [5.74, 6) is -4.10. The van der Waals surface area contributed by atoms with E-state index in [1.807, 2.05) is 0 Å². The van der Waals surface area contributed by atoms with E-state index in [-0.39, 0.29) is 25.2 Å². The van der Waals surface area contributed by atoms with Crippen LogP contribution in [-0.2, 0) is 30.4 Å². The minimum absolute atomic E-state index is 0.0323. The molecule has 0 fully saturated rings. The average molecular weight is 464 g/mol. The lowest BCUT2D eigenvalue weighted by molar-refractivity contribution is -0.142. The number of amides is 4. The van der Waals surface area contributed by atoms with Crippen molar-refractivity contribution in [3.05, 3.63) is 35.9 Å². The number of primary amides is 1. The molecule has 11 nitrogen and oxygen atoms in total. The third-order valence-electron chi connectivity index (χ3n) is 4.93. The van der Waals surface area contributed by atoms with E-state index in [0.717, 1.165) is 5.56 Å². The van der Waals surface area contributed by atoms with Crippen LogP contribution < -0.4 is 27.4 Å². The van der Waals surface area contributed by atoms with Gasteiger partial charge in [0.15, 0.2) is 0 Å². The van der Waals surface area contributed by atoms with Gasteiger partial charge in [-0.15, -0.1) is 0 Å². The third kappa shape index (κ3) is 9.69. The van der Waals surface area contributed by atoms with E-state index >= 15 is 0 Å². The second-order valence-corrected chi connectivity index (χ2v) is 8.16. The van der Waals surface area contributed by atoms with Crippen molar-refractivity contribution in [2.45, 2.75) is 64.2 Å². The first-order valence-electron chi connectivity index (χ1n) is 10.6. The van der Waals surface area contributed by atoms with Crippen molar-refractivity contribution in [1.29, 1.82) is 0 Å². The Kier molecular flexibility index (Phi) is 11.0. The predicted molar refractivity (Wildman–Crippen MR) is 120 cm³/mol. The molecule has 8 N–H and O–H groups in total. The smallest absolute Gasteiger partial charge is 0.326 e. The van der Waals surface area contributed by atoms with E-state index < -0.39 is 53.8 Å². The summed E-state index contributed by atoms with van der Waals surface area (Å²) in [6.45, 7) is 4.81. The summed E-state index contributed by atoms with van der Waals surface area (Å²) in [6, 6.07) is 4.58. The molecule has 11 heteroatoms. The van der Waals surface area contributed by atoms with Crippen molar-refractivity contribution in [3.8, 4) is 0 Å². The quantitative estimate of drug-likeness (QED) is 0.217. The highest BCUT2D eigenvalue weighted by Gasteiger charge is 2.30. The van der Waals surface area contributed by atoms with Crippen molar-refractivity contribution in [2.24, 2.45) is 17.4 Å². The second kappa shape index (κ2) is 13.2. The topological polar surface area (TPSA) is 194 Å². The highest BCUT2D eigenvalue weighted by molar-refractivity contribution is 5.94. The Bertz CT molecular complexity index is 845. The van der Waals surface area contributed by atoms with E-state index in [1.165, 1.54) is 6.92 Å². The van der Waals surface area contributed by atoms with Crippen LogP contribution in [0.5, 0.6) is 0 Å². The highest BCUT2D eigenvalue weighted by Crippen LogP contribution is 2.07. The first-order chi connectivity index (χ1) is 15.4. The van der Waals surface area contributed by atoms with Gasteiger partial charge in [-0.2, -0.15) is 0 Å².